The molecule has 0 bridgehead atoms. The van der Waals surface area contributed by atoms with Crippen molar-refractivity contribution in [3.05, 3.63) is 41.2 Å². The Morgan fingerprint density at radius 2 is 2.12 bits per heavy atom. The molecule has 1 aromatic carbocycles. The van der Waals surface area contributed by atoms with Gasteiger partial charge in [-0.2, -0.15) is 5.10 Å². The highest BCUT2D eigenvalue weighted by Gasteiger charge is 2.16. The monoisotopic (exact) mass is 378 g/mol. The molecule has 142 valence electrons. The largest absolute Gasteiger partial charge is 0.481 e. The van der Waals surface area contributed by atoms with Gasteiger partial charge in [-0.25, -0.2) is 0 Å². The van der Waals surface area contributed by atoms with E-state index in [2.05, 4.69) is 29.2 Å². The van der Waals surface area contributed by atoms with Gasteiger partial charge < -0.3 is 15.0 Å². The number of aromatic nitrogens is 2. The SMILES string of the molecule is CCN(CC)CCn1cc(NC(=O)C(C)Oc2ccc(Cl)cc2C)cn1. The average molecular weight is 379 g/mol. The lowest BCUT2D eigenvalue weighted by molar-refractivity contribution is -0.122. The lowest BCUT2D eigenvalue weighted by atomic mass is 10.2. The van der Waals surface area contributed by atoms with Crippen molar-refractivity contribution in [2.24, 2.45) is 0 Å². The van der Waals surface area contributed by atoms with E-state index in [1.54, 1.807) is 31.3 Å². The molecule has 0 aliphatic rings. The van der Waals surface area contributed by atoms with Crippen LogP contribution in [0.2, 0.25) is 5.02 Å². The number of rotatable bonds is 9. The number of carbonyl (C=O) groups excluding carboxylic acids is 1. The van der Waals surface area contributed by atoms with Crippen LogP contribution in [0.4, 0.5) is 5.69 Å². The summed E-state index contributed by atoms with van der Waals surface area (Å²) >= 11 is 5.94. The molecular weight excluding hydrogens is 352 g/mol. The van der Waals surface area contributed by atoms with Gasteiger partial charge in [-0.05, 0) is 50.7 Å². The van der Waals surface area contributed by atoms with Crippen LogP contribution in [0.3, 0.4) is 0 Å². The Labute approximate surface area is 160 Å². The fraction of sp³-hybridized carbons (Fsp3) is 0.474. The van der Waals surface area contributed by atoms with Crippen LogP contribution in [-0.4, -0.2) is 46.3 Å². The van der Waals surface area contributed by atoms with Crippen molar-refractivity contribution in [2.75, 3.05) is 25.0 Å². The minimum Gasteiger partial charge on any atom is -0.481 e. The first-order valence-corrected chi connectivity index (χ1v) is 9.29. The maximum absolute atomic E-state index is 12.4. The number of hydrogen-bond donors (Lipinski definition) is 1. The minimum absolute atomic E-state index is 0.220. The average Bonchev–Trinajstić information content (AvgIpc) is 3.05. The second-order valence-corrected chi connectivity index (χ2v) is 6.61. The number of ether oxygens (including phenoxy) is 1. The molecule has 2 rings (SSSR count). The van der Waals surface area contributed by atoms with Crippen molar-refractivity contribution in [3.63, 3.8) is 0 Å². The van der Waals surface area contributed by atoms with E-state index in [1.165, 1.54) is 0 Å². The summed E-state index contributed by atoms with van der Waals surface area (Å²) in [7, 11) is 0. The van der Waals surface area contributed by atoms with E-state index in [-0.39, 0.29) is 5.91 Å². The Kier molecular flexibility index (Phi) is 7.48. The quantitative estimate of drug-likeness (QED) is 0.724. The van der Waals surface area contributed by atoms with Crippen molar-refractivity contribution in [1.29, 1.82) is 0 Å². The smallest absolute Gasteiger partial charge is 0.265 e. The van der Waals surface area contributed by atoms with Crippen LogP contribution in [0.25, 0.3) is 0 Å². The van der Waals surface area contributed by atoms with Crippen molar-refractivity contribution in [1.82, 2.24) is 14.7 Å². The number of nitrogens with zero attached hydrogens (tertiary/aromatic N) is 3. The standard InChI is InChI=1S/C19H27ClN4O2/c1-5-23(6-2)9-10-24-13-17(12-21-24)22-19(25)15(4)26-18-8-7-16(20)11-14(18)3/h7-8,11-13,15H,5-6,9-10H2,1-4H3,(H,22,25). The van der Waals surface area contributed by atoms with Gasteiger partial charge >= 0.3 is 0 Å². The number of anilines is 1. The Bertz CT molecular complexity index is 728. The number of carbonyl (C=O) groups is 1. The first-order valence-electron chi connectivity index (χ1n) is 8.91. The molecule has 0 fully saturated rings. The first kappa shape index (κ1) is 20.3. The third-order valence-corrected chi connectivity index (χ3v) is 4.49. The summed E-state index contributed by atoms with van der Waals surface area (Å²) in [5.74, 6) is 0.426. The van der Waals surface area contributed by atoms with Crippen LogP contribution in [0.5, 0.6) is 5.75 Å². The number of aryl methyl sites for hydroxylation is 1. The predicted molar refractivity (Wildman–Crippen MR) is 105 cm³/mol. The van der Waals surface area contributed by atoms with Crippen molar-refractivity contribution in [2.45, 2.75) is 40.3 Å². The molecule has 1 heterocycles. The van der Waals surface area contributed by atoms with E-state index in [4.69, 9.17) is 16.3 Å². The summed E-state index contributed by atoms with van der Waals surface area (Å²) < 4.78 is 7.58. The fourth-order valence-electron chi connectivity index (χ4n) is 2.57. The topological polar surface area (TPSA) is 59.4 Å². The van der Waals surface area contributed by atoms with Crippen LogP contribution in [0, 0.1) is 6.92 Å². The Hall–Kier alpha value is -2.05. The lowest BCUT2D eigenvalue weighted by Gasteiger charge is -2.17. The van der Waals surface area contributed by atoms with E-state index in [0.717, 1.165) is 31.7 Å². The van der Waals surface area contributed by atoms with Crippen LogP contribution in [0.1, 0.15) is 26.3 Å². The summed E-state index contributed by atoms with van der Waals surface area (Å²) in [6, 6.07) is 5.32. The van der Waals surface area contributed by atoms with Gasteiger partial charge in [-0.3, -0.25) is 9.48 Å². The predicted octanol–water partition coefficient (Wildman–Crippen LogP) is 3.59. The molecule has 0 saturated heterocycles. The molecule has 0 aliphatic heterocycles. The maximum atomic E-state index is 12.4. The molecular formula is C19H27ClN4O2. The fourth-order valence-corrected chi connectivity index (χ4v) is 2.79. The van der Waals surface area contributed by atoms with E-state index in [9.17, 15) is 4.79 Å². The minimum atomic E-state index is -0.631. The van der Waals surface area contributed by atoms with E-state index < -0.39 is 6.10 Å². The third kappa shape index (κ3) is 5.75. The molecule has 6 nitrogen and oxygen atoms in total. The molecule has 1 aromatic heterocycles. The van der Waals surface area contributed by atoms with E-state index >= 15 is 0 Å². The summed E-state index contributed by atoms with van der Waals surface area (Å²) in [4.78, 5) is 14.7. The van der Waals surface area contributed by atoms with Gasteiger partial charge in [0.15, 0.2) is 6.10 Å². The van der Waals surface area contributed by atoms with Gasteiger partial charge in [0.05, 0.1) is 18.4 Å². The second kappa shape index (κ2) is 9.59. The molecule has 2 aromatic rings. The van der Waals surface area contributed by atoms with Gasteiger partial charge in [-0.1, -0.05) is 25.4 Å². The summed E-state index contributed by atoms with van der Waals surface area (Å²) in [6.45, 7) is 11.6. The summed E-state index contributed by atoms with van der Waals surface area (Å²) in [6.07, 6.45) is 2.86. The molecule has 7 heteroatoms. The summed E-state index contributed by atoms with van der Waals surface area (Å²) in [5, 5.41) is 7.78. The molecule has 1 N–H and O–H groups in total. The zero-order valence-corrected chi connectivity index (χ0v) is 16.6. The van der Waals surface area contributed by atoms with Gasteiger partial charge in [-0.15, -0.1) is 0 Å². The van der Waals surface area contributed by atoms with Crippen molar-refractivity contribution in [3.8, 4) is 5.75 Å². The van der Waals surface area contributed by atoms with Crippen LogP contribution >= 0.6 is 11.6 Å². The number of halogens is 1. The van der Waals surface area contributed by atoms with Crippen molar-refractivity contribution < 1.29 is 9.53 Å². The molecule has 26 heavy (non-hydrogen) atoms. The molecule has 0 aliphatic carbocycles. The second-order valence-electron chi connectivity index (χ2n) is 6.18. The third-order valence-electron chi connectivity index (χ3n) is 4.25. The van der Waals surface area contributed by atoms with Crippen LogP contribution < -0.4 is 10.1 Å². The Morgan fingerprint density at radius 3 is 2.77 bits per heavy atom. The Balaban J connectivity index is 1.88. The van der Waals surface area contributed by atoms with Gasteiger partial charge in [0, 0.05) is 17.8 Å². The molecule has 0 spiro atoms. The maximum Gasteiger partial charge on any atom is 0.265 e. The molecule has 1 unspecified atom stereocenters. The van der Waals surface area contributed by atoms with Crippen LogP contribution in [0.15, 0.2) is 30.6 Å². The highest BCUT2D eigenvalue weighted by Crippen LogP contribution is 2.23. The molecule has 0 saturated carbocycles. The number of likely N-dealkylation sites (N-methyl/N-ethyl adjacent to an activating group) is 1. The summed E-state index contributed by atoms with van der Waals surface area (Å²) in [5.41, 5.74) is 1.55. The van der Waals surface area contributed by atoms with Gasteiger partial charge in [0.25, 0.3) is 5.91 Å². The number of hydrogen-bond acceptors (Lipinski definition) is 4. The zero-order valence-electron chi connectivity index (χ0n) is 15.8. The molecule has 1 atom stereocenters. The number of benzene rings is 1. The van der Waals surface area contributed by atoms with E-state index in [1.807, 2.05) is 17.8 Å². The van der Waals surface area contributed by atoms with Crippen LogP contribution in [-0.2, 0) is 11.3 Å². The number of amides is 1. The Morgan fingerprint density at radius 1 is 1.38 bits per heavy atom. The number of nitrogens with one attached hydrogen (secondary N) is 1. The highest BCUT2D eigenvalue weighted by atomic mass is 35.5. The zero-order chi connectivity index (χ0) is 19.1. The van der Waals surface area contributed by atoms with E-state index in [0.29, 0.717) is 16.5 Å². The molecule has 0 radical (unpaired) electrons. The normalized spacial score (nSPS) is 12.2. The molecule has 1 amide bonds. The highest BCUT2D eigenvalue weighted by molar-refractivity contribution is 6.30. The first-order chi connectivity index (χ1) is 12.4. The van der Waals surface area contributed by atoms with Gasteiger partial charge in [0.2, 0.25) is 0 Å². The van der Waals surface area contributed by atoms with Gasteiger partial charge in [0.1, 0.15) is 5.75 Å². The van der Waals surface area contributed by atoms with Crippen molar-refractivity contribution >= 4 is 23.2 Å². The lowest BCUT2D eigenvalue weighted by Crippen LogP contribution is -2.30.